The van der Waals surface area contributed by atoms with Gasteiger partial charge in [0.2, 0.25) is 0 Å². The van der Waals surface area contributed by atoms with E-state index in [4.69, 9.17) is 5.73 Å². The normalized spacial score (nSPS) is 11.5. The van der Waals surface area contributed by atoms with Gasteiger partial charge in [0.1, 0.15) is 5.52 Å². The lowest BCUT2D eigenvalue weighted by Gasteiger charge is -2.15. The second-order valence-corrected chi connectivity index (χ2v) is 4.56. The topological polar surface area (TPSA) is 38.9 Å². The second-order valence-electron chi connectivity index (χ2n) is 4.56. The number of nitrogens with zero attached hydrogens (tertiary/aromatic N) is 1. The van der Waals surface area contributed by atoms with Crippen LogP contribution in [0.25, 0.3) is 10.9 Å². The summed E-state index contributed by atoms with van der Waals surface area (Å²) < 4.78 is 40.6. The fourth-order valence-corrected chi connectivity index (χ4v) is 2.23. The Kier molecular flexibility index (Phi) is 2.92. The van der Waals surface area contributed by atoms with Gasteiger partial charge < -0.3 is 5.73 Å². The van der Waals surface area contributed by atoms with Crippen LogP contribution < -0.4 is 5.73 Å². The molecule has 2 aromatic rings. The molecule has 0 fully saturated rings. The number of hydrogen-bond donors (Lipinski definition) is 1. The molecule has 0 spiro atoms. The van der Waals surface area contributed by atoms with E-state index in [9.17, 15) is 13.2 Å². The van der Waals surface area contributed by atoms with Gasteiger partial charge in [0, 0.05) is 17.4 Å². The van der Waals surface area contributed by atoms with Gasteiger partial charge in [0.05, 0.1) is 5.39 Å². The summed E-state index contributed by atoms with van der Waals surface area (Å²) in [5.41, 5.74) is 6.82. The van der Waals surface area contributed by atoms with E-state index in [-0.39, 0.29) is 22.5 Å². The summed E-state index contributed by atoms with van der Waals surface area (Å²) in [6.07, 6.45) is 0. The second kappa shape index (κ2) is 4.15. The first-order chi connectivity index (χ1) is 8.34. The van der Waals surface area contributed by atoms with Crippen molar-refractivity contribution in [1.29, 1.82) is 0 Å². The summed E-state index contributed by atoms with van der Waals surface area (Å²) in [5.74, 6) is -3.33. The molecule has 0 saturated heterocycles. The number of fused-ring (bicyclic) bond motifs is 1. The predicted octanol–water partition coefficient (Wildman–Crippen LogP) is 3.67. The maximum Gasteiger partial charge on any atom is 0.170 e. The summed E-state index contributed by atoms with van der Waals surface area (Å²) in [6.45, 7) is 5.39. The van der Waals surface area contributed by atoms with Gasteiger partial charge in [-0.2, -0.15) is 0 Å². The Labute approximate surface area is 103 Å². The predicted molar refractivity (Wildman–Crippen MR) is 64.9 cm³/mol. The highest BCUT2D eigenvalue weighted by Gasteiger charge is 2.20. The van der Waals surface area contributed by atoms with Crippen LogP contribution in [0.5, 0.6) is 0 Å². The lowest BCUT2D eigenvalue weighted by atomic mass is 9.96. The minimum absolute atomic E-state index is 0.00683. The zero-order valence-corrected chi connectivity index (χ0v) is 10.3. The molecule has 0 aliphatic heterocycles. The highest BCUT2D eigenvalue weighted by molar-refractivity contribution is 5.93. The Morgan fingerprint density at radius 3 is 2.33 bits per heavy atom. The molecule has 0 amide bonds. The average Bonchev–Trinajstić information content (AvgIpc) is 2.25. The minimum atomic E-state index is -1.26. The zero-order chi connectivity index (χ0) is 13.6. The molecule has 0 atom stereocenters. The molecule has 0 aliphatic rings. The average molecular weight is 254 g/mol. The van der Waals surface area contributed by atoms with Crippen LogP contribution in [0.2, 0.25) is 0 Å². The summed E-state index contributed by atoms with van der Waals surface area (Å²) in [5, 5.41) is -0.276. The van der Waals surface area contributed by atoms with Crippen molar-refractivity contribution in [2.45, 2.75) is 26.7 Å². The van der Waals surface area contributed by atoms with Crippen LogP contribution in [0.4, 0.5) is 18.9 Å². The van der Waals surface area contributed by atoms with Gasteiger partial charge in [0.25, 0.3) is 0 Å². The van der Waals surface area contributed by atoms with Crippen molar-refractivity contribution in [3.05, 3.63) is 34.8 Å². The van der Waals surface area contributed by atoms with Crippen LogP contribution in [0.3, 0.4) is 0 Å². The molecular formula is C13H13F3N2. The highest BCUT2D eigenvalue weighted by Crippen LogP contribution is 2.34. The molecule has 18 heavy (non-hydrogen) atoms. The van der Waals surface area contributed by atoms with Gasteiger partial charge in [-0.25, -0.2) is 18.2 Å². The molecule has 1 aromatic heterocycles. The SMILES string of the molecule is Cc1nc2c(F)cc(F)c(F)c2c(N)c1C(C)C. The van der Waals surface area contributed by atoms with Gasteiger partial charge in [-0.05, 0) is 18.4 Å². The largest absolute Gasteiger partial charge is 0.398 e. The number of halogens is 3. The molecule has 0 radical (unpaired) electrons. The third-order valence-corrected chi connectivity index (χ3v) is 2.95. The third kappa shape index (κ3) is 1.70. The lowest BCUT2D eigenvalue weighted by Crippen LogP contribution is -2.06. The summed E-state index contributed by atoms with van der Waals surface area (Å²) in [4.78, 5) is 4.00. The van der Waals surface area contributed by atoms with Gasteiger partial charge in [-0.3, -0.25) is 0 Å². The Hall–Kier alpha value is -1.78. The molecule has 96 valence electrons. The highest BCUT2D eigenvalue weighted by atomic mass is 19.2. The molecule has 1 heterocycles. The lowest BCUT2D eigenvalue weighted by molar-refractivity contribution is 0.505. The van der Waals surface area contributed by atoms with Crippen LogP contribution in [0, 0.1) is 24.4 Å². The number of hydrogen-bond acceptors (Lipinski definition) is 2. The van der Waals surface area contributed by atoms with Crippen molar-refractivity contribution in [3.8, 4) is 0 Å². The molecule has 5 heteroatoms. The van der Waals surface area contributed by atoms with Crippen molar-refractivity contribution in [2.75, 3.05) is 5.73 Å². The first-order valence-corrected chi connectivity index (χ1v) is 5.57. The Balaban J connectivity index is 3.01. The number of anilines is 1. The fourth-order valence-electron chi connectivity index (χ4n) is 2.23. The quantitative estimate of drug-likeness (QED) is 0.789. The standard InChI is InChI=1S/C13H13F3N2/c1-5(2)9-6(3)18-13-8(15)4-7(14)11(16)10(13)12(9)17/h4-5H,1-3H3,(H2,17,18). The van der Waals surface area contributed by atoms with Crippen LogP contribution in [-0.4, -0.2) is 4.98 Å². The number of nitrogens with two attached hydrogens (primary N) is 1. The first-order valence-electron chi connectivity index (χ1n) is 5.57. The van der Waals surface area contributed by atoms with E-state index in [1.54, 1.807) is 6.92 Å². The van der Waals surface area contributed by atoms with Crippen LogP contribution in [0.1, 0.15) is 31.0 Å². The van der Waals surface area contributed by atoms with Gasteiger partial charge in [0.15, 0.2) is 17.5 Å². The maximum atomic E-state index is 13.8. The van der Waals surface area contributed by atoms with Crippen LogP contribution in [0.15, 0.2) is 6.07 Å². The third-order valence-electron chi connectivity index (χ3n) is 2.95. The monoisotopic (exact) mass is 254 g/mol. The zero-order valence-electron chi connectivity index (χ0n) is 10.3. The molecule has 0 aliphatic carbocycles. The van der Waals surface area contributed by atoms with Crippen molar-refractivity contribution < 1.29 is 13.2 Å². The van der Waals surface area contributed by atoms with Gasteiger partial charge >= 0.3 is 0 Å². The Bertz CT molecular complexity index is 636. The molecule has 2 nitrogen and oxygen atoms in total. The molecule has 0 saturated carbocycles. The van der Waals surface area contributed by atoms with Gasteiger partial charge in [-0.1, -0.05) is 13.8 Å². The molecular weight excluding hydrogens is 241 g/mol. The van der Waals surface area contributed by atoms with Crippen molar-refractivity contribution >= 4 is 16.6 Å². The summed E-state index contributed by atoms with van der Waals surface area (Å²) in [6, 6.07) is 0.485. The van der Waals surface area contributed by atoms with Crippen LogP contribution >= 0.6 is 0 Å². The van der Waals surface area contributed by atoms with Crippen molar-refractivity contribution in [2.24, 2.45) is 0 Å². The molecule has 0 bridgehead atoms. The van der Waals surface area contributed by atoms with E-state index in [1.165, 1.54) is 0 Å². The van der Waals surface area contributed by atoms with Crippen molar-refractivity contribution in [3.63, 3.8) is 0 Å². The Morgan fingerprint density at radius 1 is 1.17 bits per heavy atom. The van der Waals surface area contributed by atoms with E-state index < -0.39 is 17.5 Å². The summed E-state index contributed by atoms with van der Waals surface area (Å²) in [7, 11) is 0. The number of pyridine rings is 1. The number of aromatic nitrogens is 1. The maximum absolute atomic E-state index is 13.8. The fraction of sp³-hybridized carbons (Fsp3) is 0.308. The molecule has 1 aromatic carbocycles. The van der Waals surface area contributed by atoms with Crippen LogP contribution in [-0.2, 0) is 0 Å². The number of rotatable bonds is 1. The minimum Gasteiger partial charge on any atom is -0.398 e. The Morgan fingerprint density at radius 2 is 1.78 bits per heavy atom. The number of benzene rings is 1. The number of nitrogen functional groups attached to an aromatic ring is 1. The van der Waals surface area contributed by atoms with E-state index in [0.29, 0.717) is 17.3 Å². The van der Waals surface area contributed by atoms with E-state index >= 15 is 0 Å². The van der Waals surface area contributed by atoms with Crippen molar-refractivity contribution in [1.82, 2.24) is 4.98 Å². The number of aryl methyl sites for hydroxylation is 1. The van der Waals surface area contributed by atoms with Gasteiger partial charge in [-0.15, -0.1) is 0 Å². The molecule has 2 rings (SSSR count). The van der Waals surface area contributed by atoms with E-state index in [1.807, 2.05) is 13.8 Å². The van der Waals surface area contributed by atoms with E-state index in [2.05, 4.69) is 4.98 Å². The molecule has 0 unspecified atom stereocenters. The smallest absolute Gasteiger partial charge is 0.170 e. The summed E-state index contributed by atoms with van der Waals surface area (Å²) >= 11 is 0. The first kappa shape index (κ1) is 12.7. The van der Waals surface area contributed by atoms with E-state index in [0.717, 1.165) is 0 Å². The molecule has 2 N–H and O–H groups in total.